The fourth-order valence-corrected chi connectivity index (χ4v) is 5.82. The standard InChI is InChI=1S/C34H40N4O4/c1-39-16-3-14-38-15-17-40-33-11-8-26(18-32(33)38)23-42-34-21-35-13-12-30(34)27-9-6-25(7-10-27)22-41-29-5-2-4-28(19-29)31-20-36-24-37-31/h2,4-11,18-20,24,30,34-35H,3,12-17,21-23H2,1H3,(H,36,37). The van der Waals surface area contributed by atoms with Gasteiger partial charge in [-0.1, -0.05) is 42.5 Å². The van der Waals surface area contributed by atoms with Crippen molar-refractivity contribution in [3.63, 3.8) is 0 Å². The molecule has 0 bridgehead atoms. The average molecular weight is 569 g/mol. The van der Waals surface area contributed by atoms with Crippen LogP contribution in [-0.2, 0) is 22.7 Å². The molecule has 3 aromatic carbocycles. The molecule has 220 valence electrons. The summed E-state index contributed by atoms with van der Waals surface area (Å²) >= 11 is 0. The van der Waals surface area contributed by atoms with Gasteiger partial charge in [-0.15, -0.1) is 0 Å². The van der Waals surface area contributed by atoms with Gasteiger partial charge in [0.2, 0.25) is 0 Å². The van der Waals surface area contributed by atoms with E-state index in [9.17, 15) is 0 Å². The van der Waals surface area contributed by atoms with Gasteiger partial charge in [0.1, 0.15) is 24.7 Å². The van der Waals surface area contributed by atoms with Gasteiger partial charge in [0, 0.05) is 38.3 Å². The minimum atomic E-state index is 0.108. The first kappa shape index (κ1) is 28.3. The molecule has 8 heteroatoms. The summed E-state index contributed by atoms with van der Waals surface area (Å²) < 4.78 is 23.9. The van der Waals surface area contributed by atoms with Crippen molar-refractivity contribution in [2.45, 2.75) is 38.1 Å². The third-order valence-corrected chi connectivity index (χ3v) is 8.11. The van der Waals surface area contributed by atoms with E-state index in [1.165, 1.54) is 11.1 Å². The van der Waals surface area contributed by atoms with Crippen molar-refractivity contribution in [3.8, 4) is 22.8 Å². The number of aromatic amines is 1. The van der Waals surface area contributed by atoms with Gasteiger partial charge in [-0.05, 0) is 60.3 Å². The summed E-state index contributed by atoms with van der Waals surface area (Å²) in [6.45, 7) is 6.27. The van der Waals surface area contributed by atoms with Gasteiger partial charge >= 0.3 is 0 Å². The Labute approximate surface area is 248 Å². The number of ether oxygens (including phenoxy) is 4. The molecule has 2 unspecified atom stereocenters. The van der Waals surface area contributed by atoms with Crippen LogP contribution in [0.15, 0.2) is 79.3 Å². The number of piperidine rings is 1. The van der Waals surface area contributed by atoms with Gasteiger partial charge in [-0.25, -0.2) is 4.98 Å². The summed E-state index contributed by atoms with van der Waals surface area (Å²) in [6.07, 6.45) is 5.65. The molecule has 4 aromatic rings. The van der Waals surface area contributed by atoms with E-state index in [0.717, 1.165) is 86.2 Å². The second-order valence-corrected chi connectivity index (χ2v) is 11.0. The molecule has 1 aromatic heterocycles. The van der Waals surface area contributed by atoms with Gasteiger partial charge in [0.15, 0.2) is 0 Å². The Balaban J connectivity index is 1.06. The van der Waals surface area contributed by atoms with Crippen LogP contribution in [0.5, 0.6) is 11.5 Å². The maximum atomic E-state index is 6.56. The van der Waals surface area contributed by atoms with E-state index in [1.807, 2.05) is 30.5 Å². The fraction of sp³-hybridized carbons (Fsp3) is 0.382. The van der Waals surface area contributed by atoms with Crippen LogP contribution < -0.4 is 19.7 Å². The molecular formula is C34H40N4O4. The Kier molecular flexibility index (Phi) is 9.34. The van der Waals surface area contributed by atoms with Crippen molar-refractivity contribution < 1.29 is 18.9 Å². The highest BCUT2D eigenvalue weighted by atomic mass is 16.5. The predicted molar refractivity (Wildman–Crippen MR) is 164 cm³/mol. The molecule has 0 amide bonds. The van der Waals surface area contributed by atoms with Crippen LogP contribution >= 0.6 is 0 Å². The van der Waals surface area contributed by atoms with Crippen LogP contribution in [0.25, 0.3) is 11.3 Å². The molecule has 2 aliphatic rings. The lowest BCUT2D eigenvalue weighted by molar-refractivity contribution is 0.0106. The van der Waals surface area contributed by atoms with Gasteiger partial charge in [0.25, 0.3) is 0 Å². The van der Waals surface area contributed by atoms with Gasteiger partial charge in [-0.2, -0.15) is 0 Å². The summed E-state index contributed by atoms with van der Waals surface area (Å²) in [5, 5.41) is 3.53. The second kappa shape index (κ2) is 13.9. The molecule has 1 saturated heterocycles. The first-order chi connectivity index (χ1) is 20.8. The monoisotopic (exact) mass is 568 g/mol. The molecular weight excluding hydrogens is 528 g/mol. The molecule has 1 fully saturated rings. The molecule has 42 heavy (non-hydrogen) atoms. The van der Waals surface area contributed by atoms with Crippen LogP contribution in [0.4, 0.5) is 5.69 Å². The average Bonchev–Trinajstić information content (AvgIpc) is 3.59. The van der Waals surface area contributed by atoms with Gasteiger partial charge < -0.3 is 34.1 Å². The van der Waals surface area contributed by atoms with E-state index >= 15 is 0 Å². The lowest BCUT2D eigenvalue weighted by atomic mass is 9.87. The van der Waals surface area contributed by atoms with E-state index in [1.54, 1.807) is 13.4 Å². The Morgan fingerprint density at radius 1 is 1.02 bits per heavy atom. The van der Waals surface area contributed by atoms with Crippen molar-refractivity contribution >= 4 is 5.69 Å². The zero-order valence-electron chi connectivity index (χ0n) is 24.3. The van der Waals surface area contributed by atoms with Crippen molar-refractivity contribution in [3.05, 3.63) is 95.9 Å². The van der Waals surface area contributed by atoms with E-state index in [4.69, 9.17) is 18.9 Å². The lowest BCUT2D eigenvalue weighted by Gasteiger charge is -2.33. The minimum absolute atomic E-state index is 0.108. The maximum absolute atomic E-state index is 6.56. The molecule has 0 saturated carbocycles. The number of anilines is 1. The molecule has 3 heterocycles. The molecule has 2 N–H and O–H groups in total. The number of nitrogens with one attached hydrogen (secondary N) is 2. The van der Waals surface area contributed by atoms with E-state index < -0.39 is 0 Å². The topological polar surface area (TPSA) is 80.9 Å². The van der Waals surface area contributed by atoms with Crippen LogP contribution in [0, 0.1) is 0 Å². The lowest BCUT2D eigenvalue weighted by Crippen LogP contribution is -2.41. The maximum Gasteiger partial charge on any atom is 0.142 e. The number of methoxy groups -OCH3 is 1. The highest BCUT2D eigenvalue weighted by Gasteiger charge is 2.27. The van der Waals surface area contributed by atoms with Crippen molar-refractivity contribution in [2.24, 2.45) is 0 Å². The third-order valence-electron chi connectivity index (χ3n) is 8.11. The summed E-state index contributed by atoms with van der Waals surface area (Å²) in [5.74, 6) is 2.14. The quantitative estimate of drug-likeness (QED) is 0.217. The number of hydrogen-bond acceptors (Lipinski definition) is 7. The second-order valence-electron chi connectivity index (χ2n) is 11.0. The molecule has 2 atom stereocenters. The molecule has 0 spiro atoms. The minimum Gasteiger partial charge on any atom is -0.490 e. The van der Waals surface area contributed by atoms with E-state index in [-0.39, 0.29) is 6.10 Å². The highest BCUT2D eigenvalue weighted by molar-refractivity contribution is 5.61. The van der Waals surface area contributed by atoms with Crippen molar-refractivity contribution in [2.75, 3.05) is 51.4 Å². The molecule has 2 aliphatic heterocycles. The number of fused-ring (bicyclic) bond motifs is 1. The third kappa shape index (κ3) is 6.95. The van der Waals surface area contributed by atoms with Gasteiger partial charge in [0.05, 0.1) is 43.2 Å². The zero-order chi connectivity index (χ0) is 28.6. The number of H-pyrrole nitrogens is 1. The van der Waals surface area contributed by atoms with Gasteiger partial charge in [-0.3, -0.25) is 0 Å². The first-order valence-corrected chi connectivity index (χ1v) is 14.9. The Hall–Kier alpha value is -3.85. The first-order valence-electron chi connectivity index (χ1n) is 14.9. The smallest absolute Gasteiger partial charge is 0.142 e. The largest absolute Gasteiger partial charge is 0.490 e. The molecule has 0 aliphatic carbocycles. The van der Waals surface area contributed by atoms with Crippen LogP contribution in [-0.4, -0.2) is 62.6 Å². The van der Waals surface area contributed by atoms with Crippen LogP contribution in [0.1, 0.15) is 35.4 Å². The number of aromatic nitrogens is 2. The number of rotatable bonds is 12. The Morgan fingerprint density at radius 3 is 2.79 bits per heavy atom. The zero-order valence-corrected chi connectivity index (χ0v) is 24.3. The summed E-state index contributed by atoms with van der Waals surface area (Å²) in [7, 11) is 1.75. The number of hydrogen-bond donors (Lipinski definition) is 2. The molecule has 8 nitrogen and oxygen atoms in total. The number of benzene rings is 3. The molecule has 0 radical (unpaired) electrons. The number of imidazole rings is 1. The van der Waals surface area contributed by atoms with Crippen molar-refractivity contribution in [1.29, 1.82) is 0 Å². The molecule has 6 rings (SSSR count). The normalized spacial score (nSPS) is 18.4. The van der Waals surface area contributed by atoms with Crippen LogP contribution in [0.2, 0.25) is 0 Å². The predicted octanol–water partition coefficient (Wildman–Crippen LogP) is 5.55. The number of nitrogens with zero attached hydrogens (tertiary/aromatic N) is 2. The van der Waals surface area contributed by atoms with Crippen LogP contribution in [0.3, 0.4) is 0 Å². The Morgan fingerprint density at radius 2 is 1.93 bits per heavy atom. The Bertz CT molecular complexity index is 1410. The summed E-state index contributed by atoms with van der Waals surface area (Å²) in [6, 6.07) is 23.3. The highest BCUT2D eigenvalue weighted by Crippen LogP contribution is 2.34. The van der Waals surface area contributed by atoms with E-state index in [2.05, 4.69) is 62.6 Å². The fourth-order valence-electron chi connectivity index (χ4n) is 5.82. The van der Waals surface area contributed by atoms with E-state index in [0.29, 0.717) is 19.1 Å². The SMILES string of the molecule is COCCCN1CCOc2ccc(COC3CNCCC3c3ccc(COc4cccc(-c5cnc[nH]5)c4)cc3)cc21. The van der Waals surface area contributed by atoms with Crippen molar-refractivity contribution in [1.82, 2.24) is 15.3 Å². The summed E-state index contributed by atoms with van der Waals surface area (Å²) in [5.41, 5.74) is 6.81. The summed E-state index contributed by atoms with van der Waals surface area (Å²) in [4.78, 5) is 9.65.